The Balaban J connectivity index is 2.54. The molecule has 0 saturated carbocycles. The number of halogens is 1. The Morgan fingerprint density at radius 2 is 2.12 bits per heavy atom. The van der Waals surface area contributed by atoms with Gasteiger partial charge in [0.1, 0.15) is 5.82 Å². The number of fused-ring (bicyclic) bond motifs is 1. The maximum absolute atomic E-state index is 13.5. The van der Waals surface area contributed by atoms with Gasteiger partial charge in [-0.3, -0.25) is 9.99 Å². The van der Waals surface area contributed by atoms with Crippen molar-refractivity contribution in [2.75, 3.05) is 5.01 Å². The monoisotopic (exact) mass is 347 g/mol. The molecule has 2 rings (SSSR count). The van der Waals surface area contributed by atoms with E-state index >= 15 is 0 Å². The molecule has 5 nitrogen and oxygen atoms in total. The van der Waals surface area contributed by atoms with Crippen LogP contribution in [0.15, 0.2) is 30.5 Å². The van der Waals surface area contributed by atoms with Crippen LogP contribution in [0.1, 0.15) is 46.5 Å². The van der Waals surface area contributed by atoms with Crippen molar-refractivity contribution in [2.24, 2.45) is 11.8 Å². The number of pyridine rings is 1. The normalized spacial score (nSPS) is 14.9. The van der Waals surface area contributed by atoms with Crippen molar-refractivity contribution in [1.82, 2.24) is 4.98 Å². The standard InChI is InChI=1S/C19H26FN3O2/c1-4-6-7-13(5-2)19(3,18(24)25)23(21)17-10-11-22-16-12-14(20)8-9-15(16)17/h8-13H,4-7,21H2,1-3H3,(H,24,25). The van der Waals surface area contributed by atoms with Crippen LogP contribution < -0.4 is 10.9 Å². The average Bonchev–Trinajstić information content (AvgIpc) is 2.60. The van der Waals surface area contributed by atoms with Crippen molar-refractivity contribution in [3.8, 4) is 0 Å². The molecule has 0 aliphatic heterocycles. The van der Waals surface area contributed by atoms with Gasteiger partial charge in [0.2, 0.25) is 0 Å². The number of carbonyl (C=O) groups is 1. The summed E-state index contributed by atoms with van der Waals surface area (Å²) in [6.07, 6.45) is 4.94. The summed E-state index contributed by atoms with van der Waals surface area (Å²) < 4.78 is 13.5. The first-order valence-electron chi connectivity index (χ1n) is 8.68. The van der Waals surface area contributed by atoms with Gasteiger partial charge in [-0.2, -0.15) is 0 Å². The van der Waals surface area contributed by atoms with Gasteiger partial charge in [-0.05, 0) is 37.5 Å². The van der Waals surface area contributed by atoms with E-state index in [1.807, 2.05) is 6.92 Å². The second kappa shape index (κ2) is 7.78. The van der Waals surface area contributed by atoms with Crippen LogP contribution in [-0.4, -0.2) is 21.6 Å². The first-order valence-corrected chi connectivity index (χ1v) is 8.68. The number of aliphatic carboxylic acids is 1. The van der Waals surface area contributed by atoms with E-state index in [2.05, 4.69) is 11.9 Å². The Hall–Kier alpha value is -2.21. The SMILES string of the molecule is CCCCC(CC)C(C)(C(=O)O)N(N)c1ccnc2cc(F)ccc12. The molecule has 0 aliphatic carbocycles. The second-order valence-electron chi connectivity index (χ2n) is 6.56. The predicted octanol–water partition coefficient (Wildman–Crippen LogP) is 4.11. The van der Waals surface area contributed by atoms with E-state index in [4.69, 9.17) is 5.84 Å². The Labute approximate surface area is 147 Å². The van der Waals surface area contributed by atoms with E-state index in [1.165, 1.54) is 23.3 Å². The number of anilines is 1. The molecule has 1 aromatic carbocycles. The lowest BCUT2D eigenvalue weighted by atomic mass is 9.79. The number of benzene rings is 1. The third-order valence-electron chi connectivity index (χ3n) is 5.07. The molecule has 1 aromatic heterocycles. The van der Waals surface area contributed by atoms with Gasteiger partial charge >= 0.3 is 5.97 Å². The summed E-state index contributed by atoms with van der Waals surface area (Å²) in [5.41, 5.74) is -0.292. The molecule has 0 fully saturated rings. The molecule has 1 heterocycles. The van der Waals surface area contributed by atoms with Crippen molar-refractivity contribution >= 4 is 22.6 Å². The molecule has 0 spiro atoms. The minimum absolute atomic E-state index is 0.112. The molecule has 6 heteroatoms. The number of aromatic nitrogens is 1. The number of hydrogen-bond acceptors (Lipinski definition) is 4. The quantitative estimate of drug-likeness (QED) is 0.555. The fraction of sp³-hybridized carbons (Fsp3) is 0.474. The number of carboxylic acid groups (broad SMARTS) is 1. The topological polar surface area (TPSA) is 79.5 Å². The number of nitrogens with two attached hydrogens (primary N) is 1. The van der Waals surface area contributed by atoms with E-state index in [-0.39, 0.29) is 5.92 Å². The number of nitrogens with zero attached hydrogens (tertiary/aromatic N) is 2. The lowest BCUT2D eigenvalue weighted by Gasteiger charge is -2.42. The van der Waals surface area contributed by atoms with Crippen LogP contribution in [0.5, 0.6) is 0 Å². The molecule has 2 unspecified atom stereocenters. The summed E-state index contributed by atoms with van der Waals surface area (Å²) >= 11 is 0. The Morgan fingerprint density at radius 3 is 2.72 bits per heavy atom. The predicted molar refractivity (Wildman–Crippen MR) is 97.7 cm³/mol. The summed E-state index contributed by atoms with van der Waals surface area (Å²) in [5, 5.41) is 11.9. The maximum atomic E-state index is 13.5. The fourth-order valence-corrected chi connectivity index (χ4v) is 3.37. The van der Waals surface area contributed by atoms with E-state index in [0.29, 0.717) is 23.0 Å². The van der Waals surface area contributed by atoms with Gasteiger partial charge in [0.25, 0.3) is 0 Å². The molecule has 25 heavy (non-hydrogen) atoms. The van der Waals surface area contributed by atoms with Gasteiger partial charge in [0.15, 0.2) is 5.54 Å². The van der Waals surface area contributed by atoms with Crippen LogP contribution in [0.4, 0.5) is 10.1 Å². The zero-order valence-electron chi connectivity index (χ0n) is 15.0. The molecule has 3 N–H and O–H groups in total. The van der Waals surface area contributed by atoms with Gasteiger partial charge in [0, 0.05) is 17.6 Å². The highest BCUT2D eigenvalue weighted by molar-refractivity contribution is 5.94. The molecule has 0 radical (unpaired) electrons. The summed E-state index contributed by atoms with van der Waals surface area (Å²) in [7, 11) is 0. The summed E-state index contributed by atoms with van der Waals surface area (Å²) in [6, 6.07) is 5.91. The Bertz CT molecular complexity index is 753. The first-order chi connectivity index (χ1) is 11.9. The molecular formula is C19H26FN3O2. The third kappa shape index (κ3) is 3.58. The number of unbranched alkanes of at least 4 members (excludes halogenated alkanes) is 1. The number of hydrogen-bond donors (Lipinski definition) is 2. The highest BCUT2D eigenvalue weighted by Gasteiger charge is 2.45. The molecular weight excluding hydrogens is 321 g/mol. The number of rotatable bonds is 8. The van der Waals surface area contributed by atoms with E-state index in [9.17, 15) is 14.3 Å². The van der Waals surface area contributed by atoms with Crippen molar-refractivity contribution in [3.05, 3.63) is 36.3 Å². The van der Waals surface area contributed by atoms with Crippen molar-refractivity contribution in [2.45, 2.75) is 52.0 Å². The Kier molecular flexibility index (Phi) is 5.95. The van der Waals surface area contributed by atoms with Gasteiger partial charge < -0.3 is 5.11 Å². The van der Waals surface area contributed by atoms with Crippen LogP contribution in [0.3, 0.4) is 0 Å². The maximum Gasteiger partial charge on any atom is 0.331 e. The largest absolute Gasteiger partial charge is 0.479 e. The van der Waals surface area contributed by atoms with Crippen LogP contribution in [0, 0.1) is 11.7 Å². The van der Waals surface area contributed by atoms with E-state index < -0.39 is 17.3 Å². The van der Waals surface area contributed by atoms with Crippen molar-refractivity contribution in [3.63, 3.8) is 0 Å². The van der Waals surface area contributed by atoms with Gasteiger partial charge in [-0.1, -0.05) is 33.1 Å². The highest BCUT2D eigenvalue weighted by atomic mass is 19.1. The van der Waals surface area contributed by atoms with Gasteiger partial charge in [-0.15, -0.1) is 0 Å². The van der Waals surface area contributed by atoms with E-state index in [0.717, 1.165) is 19.3 Å². The van der Waals surface area contributed by atoms with E-state index in [1.54, 1.807) is 19.1 Å². The first kappa shape index (κ1) is 19.1. The lowest BCUT2D eigenvalue weighted by molar-refractivity contribution is -0.145. The highest BCUT2D eigenvalue weighted by Crippen LogP contribution is 2.36. The fourth-order valence-electron chi connectivity index (χ4n) is 3.37. The van der Waals surface area contributed by atoms with Crippen molar-refractivity contribution < 1.29 is 14.3 Å². The molecule has 0 aliphatic rings. The zero-order valence-corrected chi connectivity index (χ0v) is 15.0. The zero-order chi connectivity index (χ0) is 18.6. The molecule has 2 atom stereocenters. The van der Waals surface area contributed by atoms with Crippen LogP contribution in [-0.2, 0) is 4.79 Å². The second-order valence-corrected chi connectivity index (χ2v) is 6.56. The van der Waals surface area contributed by atoms with Crippen LogP contribution in [0.25, 0.3) is 10.9 Å². The number of carboxylic acids is 1. The number of hydrazine groups is 1. The minimum Gasteiger partial charge on any atom is -0.479 e. The summed E-state index contributed by atoms with van der Waals surface area (Å²) in [4.78, 5) is 16.3. The molecule has 2 aromatic rings. The Morgan fingerprint density at radius 1 is 1.40 bits per heavy atom. The van der Waals surface area contributed by atoms with Crippen molar-refractivity contribution in [1.29, 1.82) is 0 Å². The third-order valence-corrected chi connectivity index (χ3v) is 5.07. The molecule has 0 amide bonds. The molecule has 136 valence electrons. The molecule has 0 saturated heterocycles. The average molecular weight is 347 g/mol. The summed E-state index contributed by atoms with van der Waals surface area (Å²) in [6.45, 7) is 5.72. The summed E-state index contributed by atoms with van der Waals surface area (Å²) in [5.74, 6) is 4.89. The van der Waals surface area contributed by atoms with Gasteiger partial charge in [0.05, 0.1) is 11.2 Å². The molecule has 0 bridgehead atoms. The minimum atomic E-state index is -1.27. The van der Waals surface area contributed by atoms with Crippen LogP contribution >= 0.6 is 0 Å². The van der Waals surface area contributed by atoms with Gasteiger partial charge in [-0.25, -0.2) is 15.0 Å². The smallest absolute Gasteiger partial charge is 0.331 e. The van der Waals surface area contributed by atoms with Crippen LogP contribution in [0.2, 0.25) is 0 Å². The lowest BCUT2D eigenvalue weighted by Crippen LogP contribution is -2.61.